The minimum Gasteiger partial charge on any atom is -0.495 e. The summed E-state index contributed by atoms with van der Waals surface area (Å²) in [7, 11) is 0.203. The first kappa shape index (κ1) is 25.7. The predicted octanol–water partition coefficient (Wildman–Crippen LogP) is 2.96. The van der Waals surface area contributed by atoms with Gasteiger partial charge >= 0.3 is 7.82 Å². The van der Waals surface area contributed by atoms with Gasteiger partial charge in [-0.25, -0.2) is 9.55 Å². The van der Waals surface area contributed by atoms with Crippen LogP contribution in [0.4, 0.5) is 5.69 Å². The Labute approximate surface area is 200 Å². The number of fused-ring (bicyclic) bond motifs is 1. The molecule has 4 N–H and O–H groups in total. The molecule has 2 aromatic carbocycles. The molecule has 0 spiro atoms. The van der Waals surface area contributed by atoms with Crippen LogP contribution in [0.5, 0.6) is 17.2 Å². The summed E-state index contributed by atoms with van der Waals surface area (Å²) in [5, 5.41) is 5.25. The van der Waals surface area contributed by atoms with Gasteiger partial charge in [0, 0.05) is 30.0 Å². The number of benzene rings is 2. The number of hydrogen-bond donors (Lipinski definition) is 4. The number of nitrogens with zero attached hydrogens (tertiary/aromatic N) is 4. The summed E-state index contributed by atoms with van der Waals surface area (Å²) in [5.74, 6) is 1.98. The largest absolute Gasteiger partial charge is 0.495 e. The first-order valence-electron chi connectivity index (χ1n) is 9.98. The summed E-state index contributed by atoms with van der Waals surface area (Å²) < 4.78 is 27.0. The van der Waals surface area contributed by atoms with E-state index in [1.165, 1.54) is 0 Å². The summed E-state index contributed by atoms with van der Waals surface area (Å²) >= 11 is 0. The molecule has 0 aliphatic carbocycles. The van der Waals surface area contributed by atoms with Crippen LogP contribution < -0.4 is 19.6 Å². The van der Waals surface area contributed by atoms with Crippen molar-refractivity contribution in [2.24, 2.45) is 5.10 Å². The van der Waals surface area contributed by atoms with Crippen molar-refractivity contribution >= 4 is 30.6 Å². The minimum atomic E-state index is -4.64. The molecule has 0 bridgehead atoms. The van der Waals surface area contributed by atoms with Crippen LogP contribution in [-0.2, 0) is 4.57 Å². The summed E-state index contributed by atoms with van der Waals surface area (Å²) in [5.41, 5.74) is 6.46. The third-order valence-electron chi connectivity index (χ3n) is 4.63. The second-order valence-corrected chi connectivity index (χ2v) is 7.89. The molecule has 4 aromatic rings. The van der Waals surface area contributed by atoms with Crippen molar-refractivity contribution in [2.45, 2.75) is 0 Å². The lowest BCUT2D eigenvalue weighted by atomic mass is 10.1. The van der Waals surface area contributed by atoms with Crippen LogP contribution in [0.1, 0.15) is 5.56 Å². The van der Waals surface area contributed by atoms with Crippen molar-refractivity contribution in [1.82, 2.24) is 14.5 Å². The zero-order valence-corrected chi connectivity index (χ0v) is 20.0. The van der Waals surface area contributed by atoms with Crippen molar-refractivity contribution in [3.05, 3.63) is 66.9 Å². The molecule has 0 aliphatic heterocycles. The zero-order valence-electron chi connectivity index (χ0n) is 19.1. The van der Waals surface area contributed by atoms with E-state index in [9.17, 15) is 0 Å². The maximum absolute atomic E-state index is 8.88. The molecule has 0 saturated carbocycles. The fraction of sp³-hybridized carbons (Fsp3) is 0.136. The van der Waals surface area contributed by atoms with Gasteiger partial charge in [0.1, 0.15) is 5.75 Å². The van der Waals surface area contributed by atoms with E-state index >= 15 is 0 Å². The van der Waals surface area contributed by atoms with E-state index in [0.29, 0.717) is 11.5 Å². The number of aromatic nitrogens is 3. The van der Waals surface area contributed by atoms with Gasteiger partial charge < -0.3 is 33.5 Å². The van der Waals surface area contributed by atoms with Crippen molar-refractivity contribution in [2.75, 3.05) is 26.8 Å². The number of rotatable bonds is 7. The molecule has 12 nitrogen and oxygen atoms in total. The van der Waals surface area contributed by atoms with Crippen LogP contribution in [0.2, 0.25) is 0 Å². The summed E-state index contributed by atoms with van der Waals surface area (Å²) in [6, 6.07) is 11.4. The van der Waals surface area contributed by atoms with Crippen LogP contribution in [0, 0.1) is 0 Å². The number of imidazole rings is 1. The monoisotopic (exact) mass is 501 g/mol. The molecule has 0 amide bonds. The Kier molecular flexibility index (Phi) is 8.39. The van der Waals surface area contributed by atoms with E-state index in [-0.39, 0.29) is 0 Å². The summed E-state index contributed by atoms with van der Waals surface area (Å²) in [6.45, 7) is 0. The van der Waals surface area contributed by atoms with E-state index in [0.717, 1.165) is 33.6 Å². The van der Waals surface area contributed by atoms with Gasteiger partial charge in [-0.15, -0.1) is 0 Å². The highest BCUT2D eigenvalue weighted by Gasteiger charge is 2.10. The van der Waals surface area contributed by atoms with E-state index in [1.54, 1.807) is 46.3 Å². The Bertz CT molecular complexity index is 1350. The highest BCUT2D eigenvalue weighted by molar-refractivity contribution is 7.45. The van der Waals surface area contributed by atoms with Crippen LogP contribution in [0.3, 0.4) is 0 Å². The average Bonchev–Trinajstić information content (AvgIpc) is 3.37. The number of anilines is 1. The molecule has 0 saturated heterocycles. The van der Waals surface area contributed by atoms with E-state index in [2.05, 4.69) is 20.5 Å². The number of phosphoric acid groups is 1. The summed E-state index contributed by atoms with van der Waals surface area (Å²) in [6.07, 6.45) is 8.76. The fourth-order valence-corrected chi connectivity index (χ4v) is 3.14. The second-order valence-electron chi connectivity index (χ2n) is 6.87. The van der Waals surface area contributed by atoms with Crippen molar-refractivity contribution in [3.63, 3.8) is 0 Å². The number of hydrazone groups is 1. The highest BCUT2D eigenvalue weighted by atomic mass is 31.2. The molecule has 2 heterocycles. The molecular weight excluding hydrogens is 477 g/mol. The molecule has 0 aliphatic rings. The number of methoxy groups -OCH3 is 3. The Morgan fingerprint density at radius 3 is 2.29 bits per heavy atom. The van der Waals surface area contributed by atoms with Gasteiger partial charge in [-0.3, -0.25) is 10.4 Å². The smallest absolute Gasteiger partial charge is 0.466 e. The molecule has 13 heteroatoms. The standard InChI is InChI=1S/C22H21N5O3.H3O4P/c1-28-20-10-15(4-5-19(20)27-9-8-23-14-27)13-25-26-17-6-7-24-18-12-22(30-3)21(29-2)11-16(17)18;1-5(2,3)4/h4-14H,1-3H3,(H,24,26);(H3,1,2,3,4)/b25-13+;. The van der Waals surface area contributed by atoms with Crippen molar-refractivity contribution in [3.8, 4) is 22.9 Å². The van der Waals surface area contributed by atoms with Gasteiger partial charge in [0.2, 0.25) is 0 Å². The van der Waals surface area contributed by atoms with Gasteiger partial charge in [0.15, 0.2) is 11.5 Å². The number of nitrogens with one attached hydrogen (secondary N) is 1. The lowest BCUT2D eigenvalue weighted by Gasteiger charge is -2.11. The minimum absolute atomic E-state index is 0.628. The Hall–Kier alpha value is -3.96. The molecule has 0 unspecified atom stereocenters. The first-order valence-corrected chi connectivity index (χ1v) is 11.5. The van der Waals surface area contributed by atoms with Gasteiger partial charge in [-0.1, -0.05) is 6.07 Å². The quantitative estimate of drug-likeness (QED) is 0.168. The van der Waals surface area contributed by atoms with Crippen molar-refractivity contribution < 1.29 is 33.5 Å². The Balaban J connectivity index is 0.000000623. The Morgan fingerprint density at radius 2 is 1.66 bits per heavy atom. The van der Waals surface area contributed by atoms with Crippen LogP contribution >= 0.6 is 7.82 Å². The molecule has 4 rings (SSSR count). The molecule has 184 valence electrons. The molecule has 35 heavy (non-hydrogen) atoms. The van der Waals surface area contributed by atoms with E-state index in [4.69, 9.17) is 33.5 Å². The zero-order chi connectivity index (χ0) is 25.4. The SMILES string of the molecule is COc1cc2nccc(N/N=C/c3ccc(-n4ccnc4)c(OC)c3)c2cc1OC.O=P(O)(O)O. The van der Waals surface area contributed by atoms with Crippen LogP contribution in [0.25, 0.3) is 16.6 Å². The van der Waals surface area contributed by atoms with E-state index < -0.39 is 7.82 Å². The van der Waals surface area contributed by atoms with Gasteiger partial charge in [-0.05, 0) is 29.8 Å². The molecular formula is C22H24N5O7P. The lowest BCUT2D eigenvalue weighted by Crippen LogP contribution is -1.98. The van der Waals surface area contributed by atoms with E-state index in [1.807, 2.05) is 47.2 Å². The van der Waals surface area contributed by atoms with Crippen LogP contribution in [0.15, 0.2) is 66.4 Å². The first-order chi connectivity index (χ1) is 16.7. The summed E-state index contributed by atoms with van der Waals surface area (Å²) in [4.78, 5) is 30.0. The third-order valence-corrected chi connectivity index (χ3v) is 4.63. The second kappa shape index (κ2) is 11.4. The van der Waals surface area contributed by atoms with Crippen molar-refractivity contribution in [1.29, 1.82) is 0 Å². The molecule has 0 radical (unpaired) electrons. The van der Waals surface area contributed by atoms with Gasteiger partial charge in [0.25, 0.3) is 0 Å². The lowest BCUT2D eigenvalue weighted by molar-refractivity contribution is 0.275. The fourth-order valence-electron chi connectivity index (χ4n) is 3.14. The maximum atomic E-state index is 8.88. The van der Waals surface area contributed by atoms with Gasteiger partial charge in [0.05, 0.1) is 50.8 Å². The molecule has 0 fully saturated rings. The molecule has 2 aromatic heterocycles. The highest BCUT2D eigenvalue weighted by Crippen LogP contribution is 2.34. The molecule has 0 atom stereocenters. The predicted molar refractivity (Wildman–Crippen MR) is 130 cm³/mol. The third kappa shape index (κ3) is 7.01. The number of hydrogen-bond acceptors (Lipinski definition) is 8. The maximum Gasteiger partial charge on any atom is 0.466 e. The normalized spacial score (nSPS) is 11.1. The van der Waals surface area contributed by atoms with Crippen LogP contribution in [-0.4, -0.2) is 56.8 Å². The topological polar surface area (TPSA) is 161 Å². The Morgan fingerprint density at radius 1 is 0.971 bits per heavy atom. The van der Waals surface area contributed by atoms with Gasteiger partial charge in [-0.2, -0.15) is 5.10 Å². The number of ether oxygens (including phenoxy) is 3. The number of pyridine rings is 1. The average molecular weight is 501 g/mol.